The van der Waals surface area contributed by atoms with Gasteiger partial charge in [-0.3, -0.25) is 38.7 Å². The van der Waals surface area contributed by atoms with E-state index in [1.165, 1.54) is 0 Å². The van der Waals surface area contributed by atoms with E-state index < -0.39 is 11.8 Å². The molecule has 8 nitrogen and oxygen atoms in total. The van der Waals surface area contributed by atoms with E-state index in [4.69, 9.17) is 19.6 Å². The van der Waals surface area contributed by atoms with Crippen molar-refractivity contribution < 1.29 is 38.7 Å². The normalized spacial score (nSPS) is 13.3. The molecule has 0 aliphatic carbocycles. The third-order valence-electron chi connectivity index (χ3n) is 7.02. The molecule has 8 heteroatoms. The molecular weight excluding hydrogens is 536 g/mol. The summed E-state index contributed by atoms with van der Waals surface area (Å²) in [5.74, 6) is 5.22. The van der Waals surface area contributed by atoms with Gasteiger partial charge in [-0.2, -0.15) is 0 Å². The van der Waals surface area contributed by atoms with Gasteiger partial charge in [0.1, 0.15) is 0 Å². The first-order valence-corrected chi connectivity index (χ1v) is 13.1. The van der Waals surface area contributed by atoms with Crippen molar-refractivity contribution in [3.63, 3.8) is 0 Å². The highest BCUT2D eigenvalue weighted by Crippen LogP contribution is 2.33. The lowest BCUT2D eigenvalue weighted by atomic mass is 9.94. The summed E-state index contributed by atoms with van der Waals surface area (Å²) in [6, 6.07) is 22.5. The highest BCUT2D eigenvalue weighted by atomic mass is 17.2. The second-order valence-electron chi connectivity index (χ2n) is 9.92. The molecule has 2 aliphatic heterocycles. The molecule has 2 aliphatic rings. The second kappa shape index (κ2) is 10.7. The van der Waals surface area contributed by atoms with Crippen molar-refractivity contribution in [3.8, 4) is 34.8 Å². The van der Waals surface area contributed by atoms with Gasteiger partial charge in [-0.05, 0) is 38.1 Å². The molecule has 2 unspecified atom stereocenters. The minimum absolute atomic E-state index is 0.227. The van der Waals surface area contributed by atoms with Crippen molar-refractivity contribution in [2.24, 2.45) is 11.8 Å². The van der Waals surface area contributed by atoms with E-state index in [0.717, 1.165) is 0 Å². The highest BCUT2D eigenvalue weighted by Gasteiger charge is 2.23. The molecule has 0 spiro atoms. The van der Waals surface area contributed by atoms with Gasteiger partial charge in [-0.1, -0.05) is 60.4 Å². The lowest BCUT2D eigenvalue weighted by Crippen LogP contribution is -2.13. The van der Waals surface area contributed by atoms with Crippen molar-refractivity contribution >= 4 is 23.1 Å². The Balaban J connectivity index is 1.08. The van der Waals surface area contributed by atoms with Gasteiger partial charge in [-0.25, -0.2) is 0 Å². The topological polar surface area (TPSA) is 105 Å². The zero-order valence-electron chi connectivity index (χ0n) is 22.5. The molecule has 0 fully saturated rings. The largest absolute Gasteiger partial charge is 0.293 e. The quantitative estimate of drug-likeness (QED) is 0.150. The van der Waals surface area contributed by atoms with E-state index in [9.17, 15) is 19.2 Å². The van der Waals surface area contributed by atoms with Gasteiger partial charge in [0.25, 0.3) is 0 Å². The summed E-state index contributed by atoms with van der Waals surface area (Å²) in [7, 11) is 0. The third-order valence-corrected chi connectivity index (χ3v) is 7.02. The monoisotopic (exact) mass is 558 g/mol. The maximum absolute atomic E-state index is 13.0. The molecule has 0 N–H and O–H groups in total. The van der Waals surface area contributed by atoms with Crippen LogP contribution in [-0.4, -0.2) is 23.1 Å². The summed E-state index contributed by atoms with van der Waals surface area (Å²) in [6.07, 6.45) is 0. The van der Waals surface area contributed by atoms with Crippen molar-refractivity contribution in [1.82, 2.24) is 0 Å². The van der Waals surface area contributed by atoms with Crippen molar-refractivity contribution in [2.45, 2.75) is 13.8 Å². The summed E-state index contributed by atoms with van der Waals surface area (Å²) in [5, 5.41) is 0. The molecule has 0 amide bonds. The van der Waals surface area contributed by atoms with Crippen LogP contribution in [0.25, 0.3) is 0 Å². The second-order valence-corrected chi connectivity index (χ2v) is 9.92. The molecule has 4 aromatic rings. The Morgan fingerprint density at radius 1 is 0.500 bits per heavy atom. The predicted octanol–water partition coefficient (Wildman–Crippen LogP) is 5.86. The fourth-order valence-corrected chi connectivity index (χ4v) is 4.57. The molecule has 0 aromatic heterocycles. The number of fused-ring (bicyclic) bond motifs is 4. The molecule has 2 atom stereocenters. The van der Waals surface area contributed by atoms with Crippen molar-refractivity contribution in [2.75, 3.05) is 0 Å². The van der Waals surface area contributed by atoms with Crippen LogP contribution in [0.4, 0.5) is 0 Å². The number of Topliss-reactive ketones (excluding diaryl/α,β-unsaturated/α-hetero) is 2. The molecule has 0 saturated carbocycles. The van der Waals surface area contributed by atoms with E-state index in [2.05, 4.69) is 11.8 Å². The number of carbonyl (C=O) groups is 4. The number of rotatable bonds is 8. The van der Waals surface area contributed by atoms with E-state index >= 15 is 0 Å². The Labute approximate surface area is 240 Å². The maximum Gasteiger partial charge on any atom is 0.196 e. The number of carbonyl (C=O) groups excluding carboxylic acids is 4. The van der Waals surface area contributed by atoms with E-state index in [1.807, 2.05) is 0 Å². The molecule has 4 aromatic carbocycles. The number of ketones is 4. The van der Waals surface area contributed by atoms with E-state index in [-0.39, 0.29) is 23.1 Å². The Bertz CT molecular complexity index is 1690. The first-order valence-electron chi connectivity index (χ1n) is 13.1. The van der Waals surface area contributed by atoms with Gasteiger partial charge in [0.05, 0.1) is 23.0 Å². The Hall–Kier alpha value is -5.68. The van der Waals surface area contributed by atoms with Gasteiger partial charge >= 0.3 is 0 Å². The minimum atomic E-state index is -0.671. The SMILES string of the molecule is CC(C#CC(C)C(=O)c1ccc(C(=O)c2ccc3cc2OO3)cc1)C(=O)c1ccc(C(=O)c2ccc3cc2OO3)cc1. The highest BCUT2D eigenvalue weighted by molar-refractivity contribution is 6.12. The van der Waals surface area contributed by atoms with Gasteiger partial charge in [0.2, 0.25) is 0 Å². The standard InChI is InChI=1S/C34H22O8/c1-19(31(35)21-5-9-23(10-6-21)33(37)27-15-13-25-17-29(27)41-39-25)3-4-20(2)32(36)22-7-11-24(12-8-22)34(38)28-16-14-26-18-30(28)42-40-26/h5-20H,1-2H3. The first kappa shape index (κ1) is 26.5. The van der Waals surface area contributed by atoms with E-state index in [1.54, 1.807) is 98.8 Å². The molecule has 0 saturated heterocycles. The Morgan fingerprint density at radius 3 is 1.24 bits per heavy atom. The van der Waals surface area contributed by atoms with Gasteiger partial charge in [0, 0.05) is 34.4 Å². The molecule has 4 bridgehead atoms. The predicted molar refractivity (Wildman–Crippen MR) is 150 cm³/mol. The van der Waals surface area contributed by atoms with Crippen LogP contribution in [0, 0.1) is 23.7 Å². The summed E-state index contributed by atoms with van der Waals surface area (Å²) < 4.78 is 0. The van der Waals surface area contributed by atoms with Crippen LogP contribution in [0.15, 0.2) is 84.9 Å². The van der Waals surface area contributed by atoms with Crippen LogP contribution < -0.4 is 19.6 Å². The average molecular weight is 559 g/mol. The minimum Gasteiger partial charge on any atom is -0.293 e. The van der Waals surface area contributed by atoms with Crippen LogP contribution >= 0.6 is 0 Å². The fourth-order valence-electron chi connectivity index (χ4n) is 4.57. The van der Waals surface area contributed by atoms with Gasteiger partial charge in [0.15, 0.2) is 46.1 Å². The number of hydrogen-bond donors (Lipinski definition) is 0. The average Bonchev–Trinajstić information content (AvgIpc) is 3.60. The zero-order valence-corrected chi connectivity index (χ0v) is 22.5. The van der Waals surface area contributed by atoms with Crippen LogP contribution in [0.3, 0.4) is 0 Å². The summed E-state index contributed by atoms with van der Waals surface area (Å²) >= 11 is 0. The summed E-state index contributed by atoms with van der Waals surface area (Å²) in [5.41, 5.74) is 2.33. The molecular formula is C34H22O8. The lowest BCUT2D eigenvalue weighted by Gasteiger charge is -2.08. The molecule has 206 valence electrons. The third kappa shape index (κ3) is 5.00. The Morgan fingerprint density at radius 2 is 0.857 bits per heavy atom. The smallest absolute Gasteiger partial charge is 0.196 e. The van der Waals surface area contributed by atoms with Crippen LogP contribution in [0.1, 0.15) is 66.4 Å². The summed E-state index contributed by atoms with van der Waals surface area (Å²) in [6.45, 7) is 3.33. The molecule has 6 rings (SSSR count). The van der Waals surface area contributed by atoms with Crippen molar-refractivity contribution in [1.29, 1.82) is 0 Å². The lowest BCUT2D eigenvalue weighted by molar-refractivity contribution is -0.0849. The number of benzene rings is 4. The van der Waals surface area contributed by atoms with Crippen LogP contribution in [0.2, 0.25) is 0 Å². The first-order chi connectivity index (χ1) is 20.3. The van der Waals surface area contributed by atoms with Crippen molar-refractivity contribution in [3.05, 3.63) is 118 Å². The van der Waals surface area contributed by atoms with Gasteiger partial charge in [-0.15, -0.1) is 0 Å². The summed E-state index contributed by atoms with van der Waals surface area (Å²) in [4.78, 5) is 71.7. The Kier molecular flexibility index (Phi) is 6.77. The van der Waals surface area contributed by atoms with Gasteiger partial charge < -0.3 is 0 Å². The molecule has 42 heavy (non-hydrogen) atoms. The number of hydrogen-bond acceptors (Lipinski definition) is 8. The maximum atomic E-state index is 13.0. The van der Waals surface area contributed by atoms with E-state index in [0.29, 0.717) is 56.4 Å². The fraction of sp³-hybridized carbons (Fsp3) is 0.118. The molecule has 2 heterocycles. The zero-order chi connectivity index (χ0) is 29.4. The van der Waals surface area contributed by atoms with Crippen LogP contribution in [0.5, 0.6) is 23.0 Å². The van der Waals surface area contributed by atoms with Crippen LogP contribution in [-0.2, 0) is 0 Å². The molecule has 0 radical (unpaired) electrons.